The van der Waals surface area contributed by atoms with Crippen LogP contribution in [-0.4, -0.2) is 24.3 Å². The van der Waals surface area contributed by atoms with Crippen LogP contribution in [0.25, 0.3) is 0 Å². The molecular formula is C22H36O3. The molecule has 3 nitrogen and oxygen atoms in total. The molecular weight excluding hydrogens is 312 g/mol. The Hall–Kier alpha value is -0.830. The number of hydrogen-bond acceptors (Lipinski definition) is 3. The van der Waals surface area contributed by atoms with E-state index in [1.165, 1.54) is 51.9 Å². The van der Waals surface area contributed by atoms with Crippen molar-refractivity contribution >= 4 is 5.97 Å². The summed E-state index contributed by atoms with van der Waals surface area (Å²) in [5.74, 6) is 1.15. The van der Waals surface area contributed by atoms with Crippen molar-refractivity contribution in [2.45, 2.75) is 79.1 Å². The molecule has 1 N–H and O–H groups in total. The van der Waals surface area contributed by atoms with Gasteiger partial charge in [0.2, 0.25) is 0 Å². The van der Waals surface area contributed by atoms with Crippen molar-refractivity contribution in [3.05, 3.63) is 11.6 Å². The molecule has 0 amide bonds. The third-order valence-electron chi connectivity index (χ3n) is 7.94. The lowest BCUT2D eigenvalue weighted by atomic mass is 9.45. The van der Waals surface area contributed by atoms with Crippen LogP contribution in [0.2, 0.25) is 0 Å². The minimum atomic E-state index is -0.177. The summed E-state index contributed by atoms with van der Waals surface area (Å²) in [6.45, 7) is 9.50. The first kappa shape index (κ1) is 18.9. The summed E-state index contributed by atoms with van der Waals surface area (Å²) in [5, 5.41) is 10.1. The second-order valence-corrected chi connectivity index (χ2v) is 9.82. The van der Waals surface area contributed by atoms with Crippen LogP contribution < -0.4 is 0 Å². The molecule has 0 saturated heterocycles. The summed E-state index contributed by atoms with van der Waals surface area (Å²) < 4.78 is 5.20. The molecule has 142 valence electrons. The van der Waals surface area contributed by atoms with Gasteiger partial charge in [-0.05, 0) is 73.0 Å². The Bertz CT molecular complexity index is 553. The molecule has 0 spiro atoms. The van der Waals surface area contributed by atoms with Gasteiger partial charge in [-0.15, -0.1) is 0 Å². The van der Waals surface area contributed by atoms with E-state index in [0.29, 0.717) is 30.5 Å². The van der Waals surface area contributed by atoms with Crippen LogP contribution in [0.5, 0.6) is 0 Å². The van der Waals surface area contributed by atoms with Crippen LogP contribution in [0, 0.1) is 28.1 Å². The Kier molecular flexibility index (Phi) is 5.09. The summed E-state index contributed by atoms with van der Waals surface area (Å²) in [7, 11) is 0. The minimum Gasteiger partial charge on any atom is -0.466 e. The lowest BCUT2D eigenvalue weighted by Crippen LogP contribution is -2.52. The van der Waals surface area contributed by atoms with E-state index >= 15 is 0 Å². The highest BCUT2D eigenvalue weighted by molar-refractivity contribution is 5.65. The van der Waals surface area contributed by atoms with Gasteiger partial charge < -0.3 is 9.84 Å². The van der Waals surface area contributed by atoms with Crippen molar-refractivity contribution in [3.8, 4) is 0 Å². The fraction of sp³-hybridized carbons (Fsp3) is 0.864. The van der Waals surface area contributed by atoms with Crippen molar-refractivity contribution in [2.24, 2.45) is 28.1 Å². The molecule has 2 saturated carbocycles. The molecule has 0 unspecified atom stereocenters. The van der Waals surface area contributed by atoms with E-state index in [9.17, 15) is 9.90 Å². The molecule has 0 heterocycles. The largest absolute Gasteiger partial charge is 0.466 e. The highest BCUT2D eigenvalue weighted by Crippen LogP contribution is 2.63. The molecule has 25 heavy (non-hydrogen) atoms. The van der Waals surface area contributed by atoms with Crippen LogP contribution in [0.1, 0.15) is 79.1 Å². The molecule has 3 heteroatoms. The molecule has 0 radical (unpaired) electrons. The van der Waals surface area contributed by atoms with Gasteiger partial charge in [0.05, 0.1) is 6.61 Å². The molecule has 0 aromatic rings. The number of rotatable bonds is 4. The molecule has 3 aliphatic carbocycles. The highest BCUT2D eigenvalue weighted by Gasteiger charge is 2.55. The average molecular weight is 349 g/mol. The number of carbonyl (C=O) groups is 1. The smallest absolute Gasteiger partial charge is 0.302 e. The average Bonchev–Trinajstić information content (AvgIpc) is 2.53. The molecule has 3 rings (SSSR count). The maximum atomic E-state index is 11.0. The number of allylic oxidation sites excluding steroid dienone is 2. The minimum absolute atomic E-state index is 0.106. The number of aliphatic hydroxyl groups excluding tert-OH is 1. The van der Waals surface area contributed by atoms with Crippen LogP contribution in [0.3, 0.4) is 0 Å². The summed E-state index contributed by atoms with van der Waals surface area (Å²) in [6, 6.07) is 0. The number of esters is 1. The normalized spacial score (nSPS) is 43.6. The molecule has 2 fully saturated rings. The predicted octanol–water partition coefficient (Wildman–Crippen LogP) is 4.88. The van der Waals surface area contributed by atoms with Gasteiger partial charge in [-0.2, -0.15) is 0 Å². The van der Waals surface area contributed by atoms with Crippen LogP contribution in [0.15, 0.2) is 11.6 Å². The van der Waals surface area contributed by atoms with E-state index in [1.54, 1.807) is 5.57 Å². The van der Waals surface area contributed by atoms with Crippen LogP contribution in [-0.2, 0) is 9.53 Å². The lowest BCUT2D eigenvalue weighted by molar-refractivity contribution is -0.141. The van der Waals surface area contributed by atoms with Crippen molar-refractivity contribution < 1.29 is 14.6 Å². The molecule has 0 aliphatic heterocycles. The van der Waals surface area contributed by atoms with E-state index in [2.05, 4.69) is 26.8 Å². The second kappa shape index (κ2) is 6.72. The zero-order valence-electron chi connectivity index (χ0n) is 16.6. The Morgan fingerprint density at radius 1 is 1.24 bits per heavy atom. The maximum Gasteiger partial charge on any atom is 0.302 e. The van der Waals surface area contributed by atoms with Gasteiger partial charge in [-0.3, -0.25) is 4.79 Å². The quantitative estimate of drug-likeness (QED) is 0.582. The van der Waals surface area contributed by atoms with Crippen LogP contribution in [0.4, 0.5) is 0 Å². The van der Waals surface area contributed by atoms with Gasteiger partial charge in [-0.25, -0.2) is 0 Å². The van der Waals surface area contributed by atoms with E-state index in [4.69, 9.17) is 4.74 Å². The van der Waals surface area contributed by atoms with Crippen molar-refractivity contribution in [1.29, 1.82) is 0 Å². The standard InChI is InChI=1S/C22H36O3/c1-16(24)25-13-12-20(2)11-8-18-17(14-20)6-7-19-21(3,15-23)9-5-10-22(18,19)4/h14,18-19,23H,5-13,15H2,1-4H3/t18-,19-,20+,21-,22+/m0/s1. The fourth-order valence-corrected chi connectivity index (χ4v) is 6.52. The summed E-state index contributed by atoms with van der Waals surface area (Å²) in [4.78, 5) is 11.0. The monoisotopic (exact) mass is 348 g/mol. The summed E-state index contributed by atoms with van der Waals surface area (Å²) in [6.07, 6.45) is 12.0. The van der Waals surface area contributed by atoms with E-state index in [-0.39, 0.29) is 16.8 Å². The zero-order chi connectivity index (χ0) is 18.3. The molecule has 0 bridgehead atoms. The van der Waals surface area contributed by atoms with Gasteiger partial charge in [0.15, 0.2) is 0 Å². The number of fused-ring (bicyclic) bond motifs is 3. The molecule has 0 aromatic carbocycles. The van der Waals surface area contributed by atoms with Gasteiger partial charge in [-0.1, -0.05) is 38.8 Å². The van der Waals surface area contributed by atoms with Gasteiger partial charge >= 0.3 is 5.97 Å². The van der Waals surface area contributed by atoms with E-state index < -0.39 is 0 Å². The number of hydrogen-bond donors (Lipinski definition) is 1. The first-order valence-corrected chi connectivity index (χ1v) is 10.2. The first-order chi connectivity index (χ1) is 11.7. The zero-order valence-corrected chi connectivity index (χ0v) is 16.6. The number of aliphatic hydroxyl groups is 1. The van der Waals surface area contributed by atoms with Gasteiger partial charge in [0.25, 0.3) is 0 Å². The molecule has 3 aliphatic rings. The van der Waals surface area contributed by atoms with Crippen molar-refractivity contribution in [1.82, 2.24) is 0 Å². The Balaban J connectivity index is 1.79. The number of carbonyl (C=O) groups excluding carboxylic acids is 1. The van der Waals surface area contributed by atoms with Crippen molar-refractivity contribution in [2.75, 3.05) is 13.2 Å². The SMILES string of the molecule is CC(=O)OCC[C@]1(C)C=C2CC[C@H]3[C@](C)(CO)CCC[C@]3(C)[C@H]2CC1. The van der Waals surface area contributed by atoms with E-state index in [1.807, 2.05) is 0 Å². The van der Waals surface area contributed by atoms with Crippen molar-refractivity contribution in [3.63, 3.8) is 0 Å². The van der Waals surface area contributed by atoms with Crippen LogP contribution >= 0.6 is 0 Å². The Morgan fingerprint density at radius 2 is 2.00 bits per heavy atom. The lowest BCUT2D eigenvalue weighted by Gasteiger charge is -2.60. The topological polar surface area (TPSA) is 46.5 Å². The maximum absolute atomic E-state index is 11.0. The first-order valence-electron chi connectivity index (χ1n) is 10.2. The number of ether oxygens (including phenoxy) is 1. The molecule has 0 aromatic heterocycles. The Labute approximate surface area is 153 Å². The summed E-state index contributed by atoms with van der Waals surface area (Å²) in [5.41, 5.74) is 2.27. The van der Waals surface area contributed by atoms with E-state index in [0.717, 1.165) is 6.42 Å². The predicted molar refractivity (Wildman–Crippen MR) is 100 cm³/mol. The molecule has 5 atom stereocenters. The fourth-order valence-electron chi connectivity index (χ4n) is 6.52. The van der Waals surface area contributed by atoms with Gasteiger partial charge in [0, 0.05) is 13.5 Å². The second-order valence-electron chi connectivity index (χ2n) is 9.82. The Morgan fingerprint density at radius 3 is 2.68 bits per heavy atom. The highest BCUT2D eigenvalue weighted by atomic mass is 16.5. The summed E-state index contributed by atoms with van der Waals surface area (Å²) >= 11 is 0. The third kappa shape index (κ3) is 3.41. The van der Waals surface area contributed by atoms with Gasteiger partial charge in [0.1, 0.15) is 0 Å². The third-order valence-corrected chi connectivity index (χ3v) is 7.94.